The summed E-state index contributed by atoms with van der Waals surface area (Å²) in [5.74, 6) is 0.739. The van der Waals surface area contributed by atoms with Crippen LogP contribution in [0.3, 0.4) is 0 Å². The fourth-order valence-corrected chi connectivity index (χ4v) is 3.99. The molecule has 1 aromatic heterocycles. The largest absolute Gasteiger partial charge is 0.377 e. The van der Waals surface area contributed by atoms with Crippen molar-refractivity contribution in [2.45, 2.75) is 25.4 Å². The highest BCUT2D eigenvalue weighted by Gasteiger charge is 2.47. The Morgan fingerprint density at radius 1 is 1.45 bits per heavy atom. The predicted octanol–water partition coefficient (Wildman–Crippen LogP) is 0.401. The maximum atomic E-state index is 11.3. The average Bonchev–Trinajstić information content (AvgIpc) is 2.89. The average molecular weight is 326 g/mol. The minimum atomic E-state index is -3.15. The molecule has 1 aromatic rings. The molecule has 2 aliphatic heterocycles. The SMILES string of the molecule is CS(=O)(=O)NCC[C@@]12CCO[C@@H]1CCN(c1ncccn1)C2. The van der Waals surface area contributed by atoms with Crippen LogP contribution in [0.2, 0.25) is 0 Å². The van der Waals surface area contributed by atoms with Crippen LogP contribution >= 0.6 is 0 Å². The van der Waals surface area contributed by atoms with Crippen LogP contribution in [0.1, 0.15) is 19.3 Å². The van der Waals surface area contributed by atoms with Crippen LogP contribution in [-0.2, 0) is 14.8 Å². The lowest BCUT2D eigenvalue weighted by Crippen LogP contribution is -2.51. The molecule has 0 amide bonds. The molecule has 2 saturated heterocycles. The summed E-state index contributed by atoms with van der Waals surface area (Å²) in [6, 6.07) is 1.81. The standard InChI is InChI=1S/C14H22N4O3S/c1-22(19,20)17-8-4-14-5-10-21-12(14)3-9-18(11-14)13-15-6-2-7-16-13/h2,6-7,12,17H,3-5,8-11H2,1H3/t12-,14+/m1/s1. The van der Waals surface area contributed by atoms with Gasteiger partial charge in [0.25, 0.3) is 0 Å². The first-order chi connectivity index (χ1) is 10.5. The number of sulfonamides is 1. The van der Waals surface area contributed by atoms with Gasteiger partial charge in [0.1, 0.15) is 0 Å². The fourth-order valence-electron chi connectivity index (χ4n) is 3.52. The predicted molar refractivity (Wildman–Crippen MR) is 83.1 cm³/mol. The van der Waals surface area contributed by atoms with E-state index < -0.39 is 10.0 Å². The summed E-state index contributed by atoms with van der Waals surface area (Å²) < 4.78 is 31.0. The highest BCUT2D eigenvalue weighted by Crippen LogP contribution is 2.43. The van der Waals surface area contributed by atoms with Gasteiger partial charge in [0, 0.05) is 44.0 Å². The number of piperidine rings is 1. The van der Waals surface area contributed by atoms with Crippen molar-refractivity contribution in [3.05, 3.63) is 18.5 Å². The summed E-state index contributed by atoms with van der Waals surface area (Å²) in [7, 11) is -3.15. The summed E-state index contributed by atoms with van der Waals surface area (Å²) in [5.41, 5.74) is -0.0187. The van der Waals surface area contributed by atoms with Crippen molar-refractivity contribution in [1.29, 1.82) is 0 Å². The van der Waals surface area contributed by atoms with Crippen molar-refractivity contribution < 1.29 is 13.2 Å². The minimum absolute atomic E-state index is 0.0187. The topological polar surface area (TPSA) is 84.4 Å². The van der Waals surface area contributed by atoms with Gasteiger partial charge in [-0.05, 0) is 25.3 Å². The van der Waals surface area contributed by atoms with Gasteiger partial charge in [0.05, 0.1) is 12.4 Å². The van der Waals surface area contributed by atoms with E-state index in [0.717, 1.165) is 44.9 Å². The van der Waals surface area contributed by atoms with Gasteiger partial charge in [-0.25, -0.2) is 23.1 Å². The van der Waals surface area contributed by atoms with Crippen LogP contribution in [0.25, 0.3) is 0 Å². The summed E-state index contributed by atoms with van der Waals surface area (Å²) in [6.45, 7) is 2.87. The third-order valence-corrected chi connectivity index (χ3v) is 5.32. The first-order valence-corrected chi connectivity index (χ1v) is 9.46. The summed E-state index contributed by atoms with van der Waals surface area (Å²) >= 11 is 0. The molecule has 8 heteroatoms. The molecule has 1 N–H and O–H groups in total. The number of ether oxygens (including phenoxy) is 1. The molecule has 0 bridgehead atoms. The van der Waals surface area contributed by atoms with E-state index in [1.165, 1.54) is 6.26 Å². The highest BCUT2D eigenvalue weighted by molar-refractivity contribution is 7.88. The van der Waals surface area contributed by atoms with Crippen LogP contribution in [0, 0.1) is 5.41 Å². The maximum absolute atomic E-state index is 11.3. The third-order valence-electron chi connectivity index (χ3n) is 4.59. The Morgan fingerprint density at radius 3 is 2.95 bits per heavy atom. The van der Waals surface area contributed by atoms with E-state index in [4.69, 9.17) is 4.74 Å². The Kier molecular flexibility index (Phi) is 4.33. The normalized spacial score (nSPS) is 28.6. The van der Waals surface area contributed by atoms with E-state index in [1.807, 2.05) is 0 Å². The van der Waals surface area contributed by atoms with Crippen molar-refractivity contribution >= 4 is 16.0 Å². The molecule has 0 unspecified atom stereocenters. The Bertz CT molecular complexity index is 610. The van der Waals surface area contributed by atoms with Gasteiger partial charge in [-0.2, -0.15) is 0 Å². The van der Waals surface area contributed by atoms with E-state index in [0.29, 0.717) is 6.54 Å². The molecule has 3 rings (SSSR count). The first kappa shape index (κ1) is 15.6. The fraction of sp³-hybridized carbons (Fsp3) is 0.714. The van der Waals surface area contributed by atoms with E-state index in [-0.39, 0.29) is 11.5 Å². The zero-order valence-corrected chi connectivity index (χ0v) is 13.6. The molecular weight excluding hydrogens is 304 g/mol. The van der Waals surface area contributed by atoms with Gasteiger partial charge in [0.15, 0.2) is 0 Å². The van der Waals surface area contributed by atoms with Crippen LogP contribution in [-0.4, -0.2) is 57.0 Å². The van der Waals surface area contributed by atoms with E-state index in [9.17, 15) is 8.42 Å². The van der Waals surface area contributed by atoms with Crippen molar-refractivity contribution in [3.8, 4) is 0 Å². The van der Waals surface area contributed by atoms with Crippen molar-refractivity contribution in [3.63, 3.8) is 0 Å². The molecule has 0 aromatic carbocycles. The molecule has 122 valence electrons. The van der Waals surface area contributed by atoms with Gasteiger partial charge in [-0.3, -0.25) is 0 Å². The quantitative estimate of drug-likeness (QED) is 0.843. The number of nitrogens with one attached hydrogen (secondary N) is 1. The lowest BCUT2D eigenvalue weighted by molar-refractivity contribution is 0.0292. The third kappa shape index (κ3) is 3.39. The summed E-state index contributed by atoms with van der Waals surface area (Å²) in [6.07, 6.45) is 7.54. The van der Waals surface area contributed by atoms with Crippen LogP contribution in [0.5, 0.6) is 0 Å². The summed E-state index contributed by atoms with van der Waals surface area (Å²) in [4.78, 5) is 10.8. The second kappa shape index (κ2) is 6.10. The lowest BCUT2D eigenvalue weighted by Gasteiger charge is -2.43. The molecule has 2 fully saturated rings. The van der Waals surface area contributed by atoms with Crippen molar-refractivity contribution in [1.82, 2.24) is 14.7 Å². The number of aromatic nitrogens is 2. The van der Waals surface area contributed by atoms with E-state index in [2.05, 4.69) is 19.6 Å². The summed E-state index contributed by atoms with van der Waals surface area (Å²) in [5, 5.41) is 0. The number of fused-ring (bicyclic) bond motifs is 1. The van der Waals surface area contributed by atoms with Crippen molar-refractivity contribution in [2.24, 2.45) is 5.41 Å². The van der Waals surface area contributed by atoms with E-state index in [1.54, 1.807) is 18.5 Å². The van der Waals surface area contributed by atoms with Crippen molar-refractivity contribution in [2.75, 3.05) is 37.4 Å². The maximum Gasteiger partial charge on any atom is 0.225 e. The number of hydrogen-bond acceptors (Lipinski definition) is 6. The van der Waals surface area contributed by atoms with Gasteiger partial charge < -0.3 is 9.64 Å². The lowest BCUT2D eigenvalue weighted by atomic mass is 9.74. The molecule has 0 radical (unpaired) electrons. The smallest absolute Gasteiger partial charge is 0.225 e. The van der Waals surface area contributed by atoms with Gasteiger partial charge in [-0.1, -0.05) is 0 Å². The van der Waals surface area contributed by atoms with Gasteiger partial charge in [0.2, 0.25) is 16.0 Å². The van der Waals surface area contributed by atoms with Gasteiger partial charge in [-0.15, -0.1) is 0 Å². The first-order valence-electron chi connectivity index (χ1n) is 7.57. The number of rotatable bonds is 5. The molecule has 0 aliphatic carbocycles. The monoisotopic (exact) mass is 326 g/mol. The molecule has 2 atom stereocenters. The highest BCUT2D eigenvalue weighted by atomic mass is 32.2. The minimum Gasteiger partial charge on any atom is -0.377 e. The zero-order valence-electron chi connectivity index (χ0n) is 12.7. The number of anilines is 1. The Labute approximate surface area is 131 Å². The second-order valence-corrected chi connectivity index (χ2v) is 7.98. The van der Waals surface area contributed by atoms with E-state index >= 15 is 0 Å². The van der Waals surface area contributed by atoms with Crippen LogP contribution in [0.4, 0.5) is 5.95 Å². The molecule has 0 saturated carbocycles. The number of hydrogen-bond donors (Lipinski definition) is 1. The van der Waals surface area contributed by atoms with Crippen LogP contribution < -0.4 is 9.62 Å². The molecule has 22 heavy (non-hydrogen) atoms. The Balaban J connectivity index is 1.71. The molecule has 2 aliphatic rings. The molecule has 0 spiro atoms. The van der Waals surface area contributed by atoms with Gasteiger partial charge >= 0.3 is 0 Å². The Morgan fingerprint density at radius 2 is 2.23 bits per heavy atom. The van der Waals surface area contributed by atoms with Crippen LogP contribution in [0.15, 0.2) is 18.5 Å². The molecular formula is C14H22N4O3S. The molecule has 3 heterocycles. The molecule has 7 nitrogen and oxygen atoms in total. The second-order valence-electron chi connectivity index (χ2n) is 6.15. The Hall–Kier alpha value is -1.25. The number of nitrogens with zero attached hydrogens (tertiary/aromatic N) is 3. The zero-order chi connectivity index (χ0) is 15.6.